The van der Waals surface area contributed by atoms with E-state index in [1.165, 1.54) is 5.56 Å². The quantitative estimate of drug-likeness (QED) is 0.673. The maximum absolute atomic E-state index is 5.23. The number of fused-ring (bicyclic) bond motifs is 1. The van der Waals surface area contributed by atoms with Gasteiger partial charge in [0, 0.05) is 24.8 Å². The molecule has 2 rings (SSSR count). The summed E-state index contributed by atoms with van der Waals surface area (Å²) >= 11 is 0. The molecule has 1 aliphatic heterocycles. The van der Waals surface area contributed by atoms with E-state index in [9.17, 15) is 0 Å². The first kappa shape index (κ1) is 8.44. The Bertz CT molecular complexity index is 314. The Morgan fingerprint density at radius 1 is 1.54 bits per heavy atom. The van der Waals surface area contributed by atoms with Crippen LogP contribution in [0.25, 0.3) is 0 Å². The molecule has 1 aromatic rings. The number of nitrogens with zero attached hydrogens (tertiary/aromatic N) is 3. The molecule has 70 valence electrons. The van der Waals surface area contributed by atoms with Crippen LogP contribution in [0.15, 0.2) is 6.20 Å². The van der Waals surface area contributed by atoms with Crippen LogP contribution < -0.4 is 4.74 Å². The van der Waals surface area contributed by atoms with Gasteiger partial charge in [0.25, 0.3) is 0 Å². The molecular formula is C9H13N3O. The van der Waals surface area contributed by atoms with Gasteiger partial charge in [-0.25, -0.2) is 4.98 Å². The second-order valence-corrected chi connectivity index (χ2v) is 3.23. The van der Waals surface area contributed by atoms with Gasteiger partial charge in [-0.1, -0.05) is 0 Å². The molecule has 0 saturated heterocycles. The number of rotatable bonds is 2. The van der Waals surface area contributed by atoms with Crippen LogP contribution in [0.5, 0.6) is 6.01 Å². The fourth-order valence-electron chi connectivity index (χ4n) is 1.49. The maximum Gasteiger partial charge on any atom is 0.316 e. The van der Waals surface area contributed by atoms with Gasteiger partial charge in [-0.3, -0.25) is 4.90 Å². The van der Waals surface area contributed by atoms with Crippen molar-refractivity contribution in [3.05, 3.63) is 17.5 Å². The van der Waals surface area contributed by atoms with E-state index in [2.05, 4.69) is 21.9 Å². The molecule has 0 atom stereocenters. The van der Waals surface area contributed by atoms with Gasteiger partial charge >= 0.3 is 6.01 Å². The molecule has 2 heterocycles. The summed E-state index contributed by atoms with van der Waals surface area (Å²) in [5, 5.41) is 0. The molecule has 0 unspecified atom stereocenters. The zero-order valence-corrected chi connectivity index (χ0v) is 7.95. The normalized spacial score (nSPS) is 15.8. The van der Waals surface area contributed by atoms with Crippen molar-refractivity contribution in [1.82, 2.24) is 14.9 Å². The summed E-state index contributed by atoms with van der Waals surface area (Å²) in [4.78, 5) is 10.6. The molecule has 0 amide bonds. The van der Waals surface area contributed by atoms with Gasteiger partial charge in [-0.05, 0) is 14.0 Å². The van der Waals surface area contributed by atoms with Crippen molar-refractivity contribution >= 4 is 0 Å². The number of hydrogen-bond acceptors (Lipinski definition) is 4. The zero-order chi connectivity index (χ0) is 9.26. The van der Waals surface area contributed by atoms with Crippen molar-refractivity contribution in [2.75, 3.05) is 13.7 Å². The molecule has 1 aromatic heterocycles. The van der Waals surface area contributed by atoms with Gasteiger partial charge in [0.05, 0.1) is 12.3 Å². The lowest BCUT2D eigenvalue weighted by Crippen LogP contribution is -2.07. The topological polar surface area (TPSA) is 38.3 Å². The average molecular weight is 179 g/mol. The van der Waals surface area contributed by atoms with Crippen LogP contribution in [-0.2, 0) is 13.1 Å². The van der Waals surface area contributed by atoms with Crippen molar-refractivity contribution < 1.29 is 4.74 Å². The third kappa shape index (κ3) is 1.62. The Morgan fingerprint density at radius 2 is 2.38 bits per heavy atom. The van der Waals surface area contributed by atoms with Crippen molar-refractivity contribution in [2.45, 2.75) is 20.0 Å². The monoisotopic (exact) mass is 179 g/mol. The number of aromatic nitrogens is 2. The highest BCUT2D eigenvalue weighted by Crippen LogP contribution is 2.19. The molecule has 0 fully saturated rings. The largest absolute Gasteiger partial charge is 0.464 e. The van der Waals surface area contributed by atoms with E-state index in [0.29, 0.717) is 12.6 Å². The smallest absolute Gasteiger partial charge is 0.316 e. The van der Waals surface area contributed by atoms with Crippen molar-refractivity contribution in [1.29, 1.82) is 0 Å². The number of hydrogen-bond donors (Lipinski definition) is 0. The average Bonchev–Trinajstić information content (AvgIpc) is 2.44. The Balaban J connectivity index is 2.24. The summed E-state index contributed by atoms with van der Waals surface area (Å²) in [7, 11) is 2.07. The van der Waals surface area contributed by atoms with Gasteiger partial charge in [-0.15, -0.1) is 0 Å². The minimum atomic E-state index is 0.497. The molecular weight excluding hydrogens is 166 g/mol. The van der Waals surface area contributed by atoms with E-state index in [-0.39, 0.29) is 0 Å². The Labute approximate surface area is 77.6 Å². The first-order valence-corrected chi connectivity index (χ1v) is 4.45. The Kier molecular flexibility index (Phi) is 2.14. The SMILES string of the molecule is CCOc1ncc2c(n1)CN(C)C2. The molecule has 13 heavy (non-hydrogen) atoms. The predicted octanol–water partition coefficient (Wildman–Crippen LogP) is 0.821. The molecule has 0 spiro atoms. The van der Waals surface area contributed by atoms with Crippen LogP contribution in [0.2, 0.25) is 0 Å². The van der Waals surface area contributed by atoms with Crippen LogP contribution in [0, 0.1) is 0 Å². The fourth-order valence-corrected chi connectivity index (χ4v) is 1.49. The molecule has 0 aromatic carbocycles. The first-order chi connectivity index (χ1) is 6.29. The van der Waals surface area contributed by atoms with Crippen LogP contribution in [0.1, 0.15) is 18.2 Å². The minimum Gasteiger partial charge on any atom is -0.464 e. The minimum absolute atomic E-state index is 0.497. The third-order valence-corrected chi connectivity index (χ3v) is 2.07. The molecule has 4 nitrogen and oxygen atoms in total. The standard InChI is InChI=1S/C9H13N3O/c1-3-13-9-10-4-7-5-12(2)6-8(7)11-9/h4H,3,5-6H2,1-2H3. The lowest BCUT2D eigenvalue weighted by Gasteiger charge is -2.02. The molecule has 4 heteroatoms. The van der Waals surface area contributed by atoms with Gasteiger partial charge < -0.3 is 4.74 Å². The Morgan fingerprint density at radius 3 is 3.15 bits per heavy atom. The summed E-state index contributed by atoms with van der Waals surface area (Å²) in [6.45, 7) is 4.40. The summed E-state index contributed by atoms with van der Waals surface area (Å²) < 4.78 is 5.23. The van der Waals surface area contributed by atoms with Crippen molar-refractivity contribution in [2.24, 2.45) is 0 Å². The maximum atomic E-state index is 5.23. The molecule has 0 N–H and O–H groups in total. The van der Waals surface area contributed by atoms with E-state index < -0.39 is 0 Å². The van der Waals surface area contributed by atoms with Gasteiger partial charge in [0.15, 0.2) is 0 Å². The van der Waals surface area contributed by atoms with Crippen molar-refractivity contribution in [3.8, 4) is 6.01 Å². The highest BCUT2D eigenvalue weighted by atomic mass is 16.5. The zero-order valence-electron chi connectivity index (χ0n) is 7.95. The summed E-state index contributed by atoms with van der Waals surface area (Å²) in [5.74, 6) is 0. The van der Waals surface area contributed by atoms with E-state index >= 15 is 0 Å². The van der Waals surface area contributed by atoms with Crippen LogP contribution in [0.4, 0.5) is 0 Å². The fraction of sp³-hybridized carbons (Fsp3) is 0.556. The first-order valence-electron chi connectivity index (χ1n) is 4.45. The van der Waals surface area contributed by atoms with Gasteiger partial charge in [0.2, 0.25) is 0 Å². The van der Waals surface area contributed by atoms with E-state index in [1.54, 1.807) is 0 Å². The van der Waals surface area contributed by atoms with Gasteiger partial charge in [-0.2, -0.15) is 4.98 Å². The third-order valence-electron chi connectivity index (χ3n) is 2.07. The van der Waals surface area contributed by atoms with E-state index in [0.717, 1.165) is 18.8 Å². The van der Waals surface area contributed by atoms with Crippen LogP contribution in [-0.4, -0.2) is 28.5 Å². The van der Waals surface area contributed by atoms with Crippen molar-refractivity contribution in [3.63, 3.8) is 0 Å². The van der Waals surface area contributed by atoms with Crippen LogP contribution in [0.3, 0.4) is 0 Å². The summed E-state index contributed by atoms with van der Waals surface area (Å²) in [6.07, 6.45) is 1.86. The van der Waals surface area contributed by atoms with Gasteiger partial charge in [0.1, 0.15) is 0 Å². The molecule has 0 radical (unpaired) electrons. The second kappa shape index (κ2) is 3.30. The van der Waals surface area contributed by atoms with Crippen LogP contribution >= 0.6 is 0 Å². The highest BCUT2D eigenvalue weighted by Gasteiger charge is 2.17. The summed E-state index contributed by atoms with van der Waals surface area (Å²) in [5.41, 5.74) is 2.31. The molecule has 1 aliphatic rings. The Hall–Kier alpha value is -1.16. The predicted molar refractivity (Wildman–Crippen MR) is 48.4 cm³/mol. The highest BCUT2D eigenvalue weighted by molar-refractivity contribution is 5.22. The van der Waals surface area contributed by atoms with E-state index in [1.807, 2.05) is 13.1 Å². The second-order valence-electron chi connectivity index (χ2n) is 3.23. The molecule has 0 bridgehead atoms. The molecule has 0 aliphatic carbocycles. The number of ether oxygens (including phenoxy) is 1. The summed E-state index contributed by atoms with van der Waals surface area (Å²) in [6, 6.07) is 0.497. The van der Waals surface area contributed by atoms with E-state index in [4.69, 9.17) is 4.74 Å². The molecule has 0 saturated carbocycles. The lowest BCUT2D eigenvalue weighted by molar-refractivity contribution is 0.310. The lowest BCUT2D eigenvalue weighted by atomic mass is 10.3.